The highest BCUT2D eigenvalue weighted by atomic mass is 32.2. The minimum absolute atomic E-state index is 0.135. The second kappa shape index (κ2) is 9.66. The number of nitrogens with zero attached hydrogens (tertiary/aromatic N) is 8. The third-order valence-corrected chi connectivity index (χ3v) is 7.57. The zero-order chi connectivity index (χ0) is 25.4. The van der Waals surface area contributed by atoms with Crippen LogP contribution >= 0.6 is 11.8 Å². The van der Waals surface area contributed by atoms with E-state index < -0.39 is 19.8 Å². The van der Waals surface area contributed by atoms with Gasteiger partial charge in [0.1, 0.15) is 23.6 Å². The highest BCUT2D eigenvalue weighted by Gasteiger charge is 2.36. The SMILES string of the molecule is CSc1ncc(C(F)(F)F)c(-c2cn(COCC[Si](C)(C)C)c3nc(-c4nnnn4C)ccc23)n1. The Morgan fingerprint density at radius 2 is 1.91 bits per heavy atom. The minimum atomic E-state index is -4.62. The lowest BCUT2D eigenvalue weighted by atomic mass is 10.1. The van der Waals surface area contributed by atoms with E-state index in [1.807, 2.05) is 0 Å². The number of hydrogen-bond acceptors (Lipinski definition) is 8. The zero-order valence-electron chi connectivity index (χ0n) is 20.0. The molecule has 0 atom stereocenters. The topological polar surface area (TPSA) is 96.4 Å². The van der Waals surface area contributed by atoms with Crippen molar-refractivity contribution in [3.8, 4) is 22.8 Å². The quantitative estimate of drug-likeness (QED) is 0.142. The van der Waals surface area contributed by atoms with Gasteiger partial charge in [-0.25, -0.2) is 19.6 Å². The van der Waals surface area contributed by atoms with Crippen LogP contribution < -0.4 is 0 Å². The van der Waals surface area contributed by atoms with E-state index >= 15 is 0 Å². The summed E-state index contributed by atoms with van der Waals surface area (Å²) in [6.45, 7) is 7.43. The Hall–Kier alpha value is -2.84. The van der Waals surface area contributed by atoms with E-state index in [0.29, 0.717) is 34.7 Å². The van der Waals surface area contributed by atoms with Gasteiger partial charge in [-0.3, -0.25) is 0 Å². The van der Waals surface area contributed by atoms with Crippen molar-refractivity contribution in [3.05, 3.63) is 30.1 Å². The summed E-state index contributed by atoms with van der Waals surface area (Å²) >= 11 is 1.17. The van der Waals surface area contributed by atoms with E-state index in [1.165, 1.54) is 16.4 Å². The van der Waals surface area contributed by atoms with Gasteiger partial charge in [0.05, 0.1) is 5.69 Å². The first-order valence-electron chi connectivity index (χ1n) is 10.8. The Morgan fingerprint density at radius 1 is 1.14 bits per heavy atom. The summed E-state index contributed by atoms with van der Waals surface area (Å²) in [5.41, 5.74) is 0.134. The molecule has 4 heterocycles. The molecule has 14 heteroatoms. The van der Waals surface area contributed by atoms with Crippen LogP contribution in [-0.2, 0) is 24.7 Å². The van der Waals surface area contributed by atoms with Gasteiger partial charge in [0.25, 0.3) is 0 Å². The molecule has 0 aromatic carbocycles. The van der Waals surface area contributed by atoms with Crippen LogP contribution in [-0.4, -0.2) is 60.7 Å². The lowest BCUT2D eigenvalue weighted by Gasteiger charge is -2.15. The second-order valence-corrected chi connectivity index (χ2v) is 15.6. The van der Waals surface area contributed by atoms with Gasteiger partial charge in [-0.1, -0.05) is 31.4 Å². The van der Waals surface area contributed by atoms with Gasteiger partial charge < -0.3 is 9.30 Å². The average molecular weight is 523 g/mol. The van der Waals surface area contributed by atoms with Gasteiger partial charge in [-0.15, -0.1) is 5.10 Å². The van der Waals surface area contributed by atoms with Gasteiger partial charge >= 0.3 is 6.18 Å². The van der Waals surface area contributed by atoms with Crippen LogP contribution in [0.3, 0.4) is 0 Å². The van der Waals surface area contributed by atoms with Crippen LogP contribution in [0.5, 0.6) is 0 Å². The maximum Gasteiger partial charge on any atom is 0.419 e. The number of rotatable bonds is 8. The molecule has 4 aromatic rings. The average Bonchev–Trinajstić information content (AvgIpc) is 3.38. The van der Waals surface area contributed by atoms with Crippen molar-refractivity contribution in [2.45, 2.75) is 43.7 Å². The fourth-order valence-electron chi connectivity index (χ4n) is 3.44. The largest absolute Gasteiger partial charge is 0.419 e. The van der Waals surface area contributed by atoms with Gasteiger partial charge in [0, 0.05) is 45.1 Å². The summed E-state index contributed by atoms with van der Waals surface area (Å²) in [7, 11) is 0.380. The summed E-state index contributed by atoms with van der Waals surface area (Å²) in [6, 6.07) is 4.35. The van der Waals surface area contributed by atoms with Crippen molar-refractivity contribution in [2.24, 2.45) is 7.05 Å². The van der Waals surface area contributed by atoms with E-state index in [9.17, 15) is 13.2 Å². The molecular weight excluding hydrogens is 497 g/mol. The lowest BCUT2D eigenvalue weighted by molar-refractivity contribution is -0.137. The van der Waals surface area contributed by atoms with Gasteiger partial charge in [-0.2, -0.15) is 13.2 Å². The third kappa shape index (κ3) is 5.54. The molecule has 0 aliphatic heterocycles. The summed E-state index contributed by atoms with van der Waals surface area (Å²) < 4.78 is 50.7. The number of alkyl halides is 3. The normalized spacial score (nSPS) is 12.6. The molecule has 0 spiro atoms. The van der Waals surface area contributed by atoms with Gasteiger partial charge in [0.15, 0.2) is 11.0 Å². The van der Waals surface area contributed by atoms with E-state index in [4.69, 9.17) is 4.74 Å². The van der Waals surface area contributed by atoms with Crippen molar-refractivity contribution in [1.29, 1.82) is 0 Å². The first-order chi connectivity index (χ1) is 16.5. The molecule has 0 bridgehead atoms. The van der Waals surface area contributed by atoms with Crippen molar-refractivity contribution in [2.75, 3.05) is 12.9 Å². The lowest BCUT2D eigenvalue weighted by Crippen LogP contribution is -2.22. The number of ether oxygens (including phenoxy) is 1. The smallest absolute Gasteiger partial charge is 0.361 e. The Bertz CT molecular complexity index is 1350. The van der Waals surface area contributed by atoms with E-state index in [2.05, 4.69) is 50.1 Å². The molecule has 0 amide bonds. The van der Waals surface area contributed by atoms with E-state index in [1.54, 1.807) is 36.2 Å². The number of pyridine rings is 1. The van der Waals surface area contributed by atoms with Gasteiger partial charge in [0.2, 0.25) is 0 Å². The molecule has 0 aliphatic carbocycles. The molecular formula is C21H25F3N8OSSi. The summed E-state index contributed by atoms with van der Waals surface area (Å²) in [4.78, 5) is 12.8. The summed E-state index contributed by atoms with van der Waals surface area (Å²) in [6.07, 6.45) is -0.474. The minimum Gasteiger partial charge on any atom is -0.361 e. The first-order valence-corrected chi connectivity index (χ1v) is 15.7. The summed E-state index contributed by atoms with van der Waals surface area (Å²) in [5.74, 6) is 0.434. The number of halogens is 3. The molecule has 0 saturated heterocycles. The summed E-state index contributed by atoms with van der Waals surface area (Å²) in [5, 5.41) is 12.2. The fourth-order valence-corrected chi connectivity index (χ4v) is 4.54. The van der Waals surface area contributed by atoms with E-state index in [0.717, 1.165) is 12.2 Å². The second-order valence-electron chi connectivity index (χ2n) is 9.17. The Morgan fingerprint density at radius 3 is 2.54 bits per heavy atom. The highest BCUT2D eigenvalue weighted by Crippen LogP contribution is 2.39. The zero-order valence-corrected chi connectivity index (χ0v) is 21.8. The molecule has 0 aliphatic rings. The molecule has 0 fully saturated rings. The molecule has 4 aromatic heterocycles. The van der Waals surface area contributed by atoms with Crippen LogP contribution in [0.1, 0.15) is 5.56 Å². The predicted octanol–water partition coefficient (Wildman–Crippen LogP) is 4.74. The molecule has 0 saturated carbocycles. The number of aryl methyl sites for hydroxylation is 1. The highest BCUT2D eigenvalue weighted by molar-refractivity contribution is 7.98. The maximum absolute atomic E-state index is 13.9. The molecule has 186 valence electrons. The van der Waals surface area contributed by atoms with Crippen LogP contribution in [0.2, 0.25) is 25.7 Å². The van der Waals surface area contributed by atoms with Crippen LogP contribution in [0.4, 0.5) is 13.2 Å². The number of hydrogen-bond donors (Lipinski definition) is 0. The molecule has 35 heavy (non-hydrogen) atoms. The van der Waals surface area contributed by atoms with Crippen molar-refractivity contribution in [1.82, 2.24) is 39.7 Å². The van der Waals surface area contributed by atoms with Crippen LogP contribution in [0.15, 0.2) is 29.7 Å². The molecule has 0 N–H and O–H groups in total. The Labute approximate surface area is 205 Å². The third-order valence-electron chi connectivity index (χ3n) is 5.31. The van der Waals surface area contributed by atoms with Crippen LogP contribution in [0, 0.1) is 0 Å². The van der Waals surface area contributed by atoms with E-state index in [-0.39, 0.29) is 17.6 Å². The number of fused-ring (bicyclic) bond motifs is 1. The maximum atomic E-state index is 13.9. The van der Waals surface area contributed by atoms with Gasteiger partial charge in [-0.05, 0) is 34.9 Å². The van der Waals surface area contributed by atoms with Crippen LogP contribution in [0.25, 0.3) is 33.8 Å². The number of tetrazole rings is 1. The molecule has 0 unspecified atom stereocenters. The standard InChI is InChI=1S/C21H25F3N8OSSi/c1-31-19(28-29-30-31)16-7-6-13-14(17-15(21(22,23)24)10-25-20(27-17)34-2)11-32(18(13)26-16)12-33-8-9-35(3,4)5/h6-7,10-11H,8-9,12H2,1-5H3. The van der Waals surface area contributed by atoms with Crippen molar-refractivity contribution >= 4 is 30.9 Å². The molecule has 9 nitrogen and oxygen atoms in total. The monoisotopic (exact) mass is 522 g/mol. The predicted molar refractivity (Wildman–Crippen MR) is 129 cm³/mol. The number of thioether (sulfide) groups is 1. The Balaban J connectivity index is 1.85. The molecule has 4 rings (SSSR count). The Kier molecular flexibility index (Phi) is 6.97. The first kappa shape index (κ1) is 25.3. The van der Waals surface area contributed by atoms with Crippen molar-refractivity contribution < 1.29 is 17.9 Å². The number of aromatic nitrogens is 8. The fraction of sp³-hybridized carbons (Fsp3) is 0.429. The molecule has 0 radical (unpaired) electrons. The van der Waals surface area contributed by atoms with Crippen molar-refractivity contribution in [3.63, 3.8) is 0 Å².